The molecule has 2 aliphatic carbocycles. The number of hydrogen-bond donors (Lipinski definition) is 2. The molecule has 2 N–H and O–H groups in total. The number of nitrogens with zero attached hydrogens (tertiary/aromatic N) is 1. The Balaban J connectivity index is 1.82. The monoisotopic (exact) mass is 306 g/mol. The third-order valence-electron chi connectivity index (χ3n) is 4.36. The fraction of sp³-hybridized carbons (Fsp3) is 0.400. The second-order valence-corrected chi connectivity index (χ2v) is 5.98. The van der Waals surface area contributed by atoms with Gasteiger partial charge in [0, 0.05) is 0 Å². The number of amides is 1. The van der Waals surface area contributed by atoms with E-state index in [0.717, 1.165) is 6.42 Å². The Kier molecular flexibility index (Phi) is 3.45. The first-order chi connectivity index (χ1) is 9.97. The number of allylic oxidation sites excluding steroid dienone is 2. The molecule has 4 atom stereocenters. The SMILES string of the molecule is Cc1nc(Cl)ccc1NC(=O)C1C2C=CC(C2)C1C(=O)O. The number of halogens is 1. The summed E-state index contributed by atoms with van der Waals surface area (Å²) in [4.78, 5) is 28.0. The highest BCUT2D eigenvalue weighted by atomic mass is 35.5. The molecule has 1 fully saturated rings. The number of carbonyl (C=O) groups excluding carboxylic acids is 1. The molecular formula is C15H15ClN2O3. The van der Waals surface area contributed by atoms with E-state index in [1.54, 1.807) is 19.1 Å². The molecule has 0 radical (unpaired) electrons. The van der Waals surface area contributed by atoms with Gasteiger partial charge in [-0.05, 0) is 37.3 Å². The number of aryl methyl sites for hydroxylation is 1. The number of aromatic nitrogens is 1. The summed E-state index contributed by atoms with van der Waals surface area (Å²) in [6, 6.07) is 3.28. The number of fused-ring (bicyclic) bond motifs is 2. The van der Waals surface area contributed by atoms with E-state index < -0.39 is 17.8 Å². The summed E-state index contributed by atoms with van der Waals surface area (Å²) in [5, 5.41) is 12.5. The molecule has 0 saturated heterocycles. The second-order valence-electron chi connectivity index (χ2n) is 5.59. The van der Waals surface area contributed by atoms with Crippen LogP contribution in [0.15, 0.2) is 24.3 Å². The van der Waals surface area contributed by atoms with E-state index in [4.69, 9.17) is 11.6 Å². The summed E-state index contributed by atoms with van der Waals surface area (Å²) in [5.41, 5.74) is 1.18. The first kappa shape index (κ1) is 14.1. The van der Waals surface area contributed by atoms with Crippen LogP contribution < -0.4 is 5.32 Å². The molecule has 1 aromatic rings. The van der Waals surface area contributed by atoms with E-state index in [2.05, 4.69) is 10.3 Å². The van der Waals surface area contributed by atoms with Gasteiger partial charge in [-0.25, -0.2) is 4.98 Å². The summed E-state index contributed by atoms with van der Waals surface area (Å²) in [6.45, 7) is 1.75. The molecule has 3 rings (SSSR count). The van der Waals surface area contributed by atoms with Crippen LogP contribution in [0.2, 0.25) is 5.15 Å². The van der Waals surface area contributed by atoms with Crippen molar-refractivity contribution in [1.82, 2.24) is 4.98 Å². The van der Waals surface area contributed by atoms with Crippen LogP contribution in [-0.2, 0) is 9.59 Å². The third-order valence-corrected chi connectivity index (χ3v) is 4.57. The number of anilines is 1. The lowest BCUT2D eigenvalue weighted by atomic mass is 9.82. The summed E-state index contributed by atoms with van der Waals surface area (Å²) < 4.78 is 0. The van der Waals surface area contributed by atoms with Crippen LogP contribution in [0.25, 0.3) is 0 Å². The van der Waals surface area contributed by atoms with Gasteiger partial charge in [0.25, 0.3) is 0 Å². The number of carbonyl (C=O) groups is 2. The quantitative estimate of drug-likeness (QED) is 0.664. The highest BCUT2D eigenvalue weighted by molar-refractivity contribution is 6.29. The number of nitrogens with one attached hydrogen (secondary N) is 1. The van der Waals surface area contributed by atoms with Crippen molar-refractivity contribution in [3.05, 3.63) is 35.1 Å². The van der Waals surface area contributed by atoms with Crippen LogP contribution in [0.3, 0.4) is 0 Å². The highest BCUT2D eigenvalue weighted by Gasteiger charge is 2.51. The lowest BCUT2D eigenvalue weighted by Gasteiger charge is -2.24. The van der Waals surface area contributed by atoms with E-state index in [9.17, 15) is 14.7 Å². The Morgan fingerprint density at radius 2 is 1.95 bits per heavy atom. The normalized spacial score (nSPS) is 29.6. The van der Waals surface area contributed by atoms with Crippen molar-refractivity contribution in [3.8, 4) is 0 Å². The highest BCUT2D eigenvalue weighted by Crippen LogP contribution is 2.48. The average molecular weight is 307 g/mol. The number of carboxylic acids is 1. The number of hydrogen-bond acceptors (Lipinski definition) is 3. The van der Waals surface area contributed by atoms with E-state index in [1.165, 1.54) is 0 Å². The van der Waals surface area contributed by atoms with E-state index >= 15 is 0 Å². The molecule has 0 aliphatic heterocycles. The molecular weight excluding hydrogens is 292 g/mol. The lowest BCUT2D eigenvalue weighted by molar-refractivity contribution is -0.146. The zero-order valence-corrected chi connectivity index (χ0v) is 12.2. The Hall–Kier alpha value is -1.88. The molecule has 1 saturated carbocycles. The van der Waals surface area contributed by atoms with Crippen molar-refractivity contribution in [2.75, 3.05) is 5.32 Å². The Bertz CT molecular complexity index is 644. The number of pyridine rings is 1. The lowest BCUT2D eigenvalue weighted by Crippen LogP contribution is -2.36. The van der Waals surface area contributed by atoms with Gasteiger partial charge in [-0.15, -0.1) is 0 Å². The van der Waals surface area contributed by atoms with Gasteiger partial charge in [-0.3, -0.25) is 9.59 Å². The van der Waals surface area contributed by atoms with Gasteiger partial charge in [0.05, 0.1) is 23.2 Å². The van der Waals surface area contributed by atoms with Gasteiger partial charge in [0.1, 0.15) is 5.15 Å². The van der Waals surface area contributed by atoms with Crippen molar-refractivity contribution >= 4 is 29.2 Å². The maximum absolute atomic E-state index is 12.5. The minimum absolute atomic E-state index is 0.0108. The van der Waals surface area contributed by atoms with Gasteiger partial charge < -0.3 is 10.4 Å². The topological polar surface area (TPSA) is 79.3 Å². The first-order valence-electron chi connectivity index (χ1n) is 6.82. The minimum atomic E-state index is -0.905. The Morgan fingerprint density at radius 1 is 1.29 bits per heavy atom. The molecule has 4 unspecified atom stereocenters. The summed E-state index contributed by atoms with van der Waals surface area (Å²) in [6.07, 6.45) is 4.62. The van der Waals surface area contributed by atoms with Crippen molar-refractivity contribution in [2.24, 2.45) is 23.7 Å². The van der Waals surface area contributed by atoms with Crippen LogP contribution in [0.4, 0.5) is 5.69 Å². The van der Waals surface area contributed by atoms with Crippen molar-refractivity contribution in [2.45, 2.75) is 13.3 Å². The van der Waals surface area contributed by atoms with Gasteiger partial charge >= 0.3 is 5.97 Å². The molecule has 21 heavy (non-hydrogen) atoms. The predicted molar refractivity (Wildman–Crippen MR) is 78.0 cm³/mol. The molecule has 1 aromatic heterocycles. The molecule has 2 bridgehead atoms. The predicted octanol–water partition coefficient (Wildman–Crippen LogP) is 2.50. The van der Waals surface area contributed by atoms with E-state index in [-0.39, 0.29) is 17.7 Å². The fourth-order valence-electron chi connectivity index (χ4n) is 3.39. The maximum atomic E-state index is 12.5. The van der Waals surface area contributed by atoms with Crippen LogP contribution in [0, 0.1) is 30.6 Å². The zero-order chi connectivity index (χ0) is 15.1. The first-order valence-corrected chi connectivity index (χ1v) is 7.20. The Morgan fingerprint density at radius 3 is 2.57 bits per heavy atom. The van der Waals surface area contributed by atoms with Gasteiger partial charge in [-0.1, -0.05) is 23.8 Å². The molecule has 1 heterocycles. The van der Waals surface area contributed by atoms with E-state index in [1.807, 2.05) is 12.2 Å². The summed E-state index contributed by atoms with van der Waals surface area (Å²) in [7, 11) is 0. The van der Waals surface area contributed by atoms with Gasteiger partial charge in [0.15, 0.2) is 0 Å². The standard InChI is InChI=1S/C15H15ClN2O3/c1-7-10(4-5-11(16)17-7)18-14(19)12-8-2-3-9(6-8)13(12)15(20)21/h2-5,8-9,12-13H,6H2,1H3,(H,18,19)(H,20,21). The largest absolute Gasteiger partial charge is 0.481 e. The molecule has 5 nitrogen and oxygen atoms in total. The smallest absolute Gasteiger partial charge is 0.307 e. The maximum Gasteiger partial charge on any atom is 0.307 e. The number of carboxylic acid groups (broad SMARTS) is 1. The fourth-order valence-corrected chi connectivity index (χ4v) is 3.58. The number of rotatable bonds is 3. The van der Waals surface area contributed by atoms with Crippen LogP contribution in [0.5, 0.6) is 0 Å². The van der Waals surface area contributed by atoms with Crippen molar-refractivity contribution in [1.29, 1.82) is 0 Å². The van der Waals surface area contributed by atoms with Crippen molar-refractivity contribution in [3.63, 3.8) is 0 Å². The zero-order valence-electron chi connectivity index (χ0n) is 11.4. The molecule has 0 spiro atoms. The third kappa shape index (κ3) is 2.42. The van der Waals surface area contributed by atoms with Crippen molar-refractivity contribution < 1.29 is 14.7 Å². The summed E-state index contributed by atoms with van der Waals surface area (Å²) >= 11 is 5.79. The van der Waals surface area contributed by atoms with E-state index in [0.29, 0.717) is 16.5 Å². The van der Waals surface area contributed by atoms with Crippen LogP contribution >= 0.6 is 11.6 Å². The van der Waals surface area contributed by atoms with Gasteiger partial charge in [0.2, 0.25) is 5.91 Å². The molecule has 1 amide bonds. The molecule has 6 heteroatoms. The second kappa shape index (κ2) is 5.15. The molecule has 110 valence electrons. The van der Waals surface area contributed by atoms with Crippen LogP contribution in [-0.4, -0.2) is 22.0 Å². The average Bonchev–Trinajstić information content (AvgIpc) is 3.02. The molecule has 0 aromatic carbocycles. The van der Waals surface area contributed by atoms with Crippen LogP contribution in [0.1, 0.15) is 12.1 Å². The number of aliphatic carboxylic acids is 1. The summed E-state index contributed by atoms with van der Waals surface area (Å²) in [5.74, 6) is -2.35. The Labute approximate surface area is 127 Å². The minimum Gasteiger partial charge on any atom is -0.481 e. The van der Waals surface area contributed by atoms with Gasteiger partial charge in [-0.2, -0.15) is 0 Å². The molecule has 2 aliphatic rings.